The SMILES string of the molecule is C[C@@H](CO)C(=O)NCCc1[nH]nc2ccccc12. The van der Waals surface area contributed by atoms with Gasteiger partial charge in [0.15, 0.2) is 0 Å². The third kappa shape index (κ3) is 2.68. The molecule has 5 heteroatoms. The Kier molecular flexibility index (Phi) is 3.94. The van der Waals surface area contributed by atoms with Crippen LogP contribution >= 0.6 is 0 Å². The maximum atomic E-state index is 11.5. The molecule has 0 aliphatic rings. The molecule has 3 N–H and O–H groups in total. The topological polar surface area (TPSA) is 78.0 Å². The fraction of sp³-hybridized carbons (Fsp3) is 0.385. The fourth-order valence-corrected chi connectivity index (χ4v) is 1.77. The van der Waals surface area contributed by atoms with Crippen molar-refractivity contribution < 1.29 is 9.90 Å². The number of aliphatic hydroxyl groups is 1. The van der Waals surface area contributed by atoms with E-state index in [0.29, 0.717) is 13.0 Å². The van der Waals surface area contributed by atoms with E-state index < -0.39 is 0 Å². The van der Waals surface area contributed by atoms with Gasteiger partial charge in [-0.25, -0.2) is 0 Å². The molecule has 0 radical (unpaired) electrons. The maximum absolute atomic E-state index is 11.5. The van der Waals surface area contributed by atoms with Crippen molar-refractivity contribution in [2.75, 3.05) is 13.2 Å². The van der Waals surface area contributed by atoms with Crippen LogP contribution in [0.15, 0.2) is 24.3 Å². The average molecular weight is 247 g/mol. The van der Waals surface area contributed by atoms with Gasteiger partial charge in [-0.15, -0.1) is 0 Å². The minimum absolute atomic E-state index is 0.124. The molecule has 0 bridgehead atoms. The van der Waals surface area contributed by atoms with Gasteiger partial charge >= 0.3 is 0 Å². The number of para-hydroxylation sites is 1. The predicted octanol–water partition coefficient (Wildman–Crippen LogP) is 0.850. The highest BCUT2D eigenvalue weighted by Crippen LogP contribution is 2.14. The molecule has 0 unspecified atom stereocenters. The van der Waals surface area contributed by atoms with E-state index in [-0.39, 0.29) is 18.4 Å². The van der Waals surface area contributed by atoms with Gasteiger partial charge in [-0.2, -0.15) is 5.10 Å². The molecule has 1 atom stereocenters. The molecule has 96 valence electrons. The predicted molar refractivity (Wildman–Crippen MR) is 69.1 cm³/mol. The lowest BCUT2D eigenvalue weighted by atomic mass is 10.1. The minimum atomic E-state index is -0.358. The zero-order valence-corrected chi connectivity index (χ0v) is 10.3. The Labute approximate surface area is 105 Å². The Morgan fingerprint density at radius 3 is 3.06 bits per heavy atom. The zero-order valence-electron chi connectivity index (χ0n) is 10.3. The Morgan fingerprint density at radius 2 is 2.28 bits per heavy atom. The van der Waals surface area contributed by atoms with Crippen molar-refractivity contribution in [2.45, 2.75) is 13.3 Å². The van der Waals surface area contributed by atoms with E-state index in [2.05, 4.69) is 15.5 Å². The summed E-state index contributed by atoms with van der Waals surface area (Å²) < 4.78 is 0. The quantitative estimate of drug-likeness (QED) is 0.733. The van der Waals surface area contributed by atoms with Gasteiger partial charge in [-0.3, -0.25) is 9.89 Å². The summed E-state index contributed by atoms with van der Waals surface area (Å²) in [5.74, 6) is -0.482. The van der Waals surface area contributed by atoms with Crippen molar-refractivity contribution in [3.8, 4) is 0 Å². The number of aliphatic hydroxyl groups excluding tert-OH is 1. The number of carbonyl (C=O) groups excluding carboxylic acids is 1. The number of H-pyrrole nitrogens is 1. The van der Waals surface area contributed by atoms with Crippen LogP contribution in [-0.4, -0.2) is 34.4 Å². The summed E-state index contributed by atoms with van der Waals surface area (Å²) in [5.41, 5.74) is 1.95. The van der Waals surface area contributed by atoms with Crippen LogP contribution < -0.4 is 5.32 Å². The standard InChI is InChI=1S/C13H17N3O2/c1-9(8-17)13(18)14-7-6-12-10-4-2-3-5-11(10)15-16-12/h2-5,9,17H,6-8H2,1H3,(H,14,18)(H,15,16)/t9-/m0/s1. The van der Waals surface area contributed by atoms with Crippen molar-refractivity contribution in [1.29, 1.82) is 0 Å². The first-order chi connectivity index (χ1) is 8.72. The molecule has 2 rings (SSSR count). The van der Waals surface area contributed by atoms with E-state index in [1.807, 2.05) is 24.3 Å². The molecule has 0 fully saturated rings. The third-order valence-electron chi connectivity index (χ3n) is 2.94. The Bertz CT molecular complexity index is 536. The zero-order chi connectivity index (χ0) is 13.0. The van der Waals surface area contributed by atoms with Crippen LogP contribution in [0.5, 0.6) is 0 Å². The number of aromatic amines is 1. The van der Waals surface area contributed by atoms with Crippen LogP contribution in [0.25, 0.3) is 10.9 Å². The number of fused-ring (bicyclic) bond motifs is 1. The molecule has 0 aliphatic carbocycles. The van der Waals surface area contributed by atoms with Crippen LogP contribution in [0.3, 0.4) is 0 Å². The van der Waals surface area contributed by atoms with E-state index in [1.165, 1.54) is 0 Å². The highest BCUT2D eigenvalue weighted by atomic mass is 16.3. The van der Waals surface area contributed by atoms with Crippen molar-refractivity contribution in [2.24, 2.45) is 5.92 Å². The first-order valence-corrected chi connectivity index (χ1v) is 6.03. The average Bonchev–Trinajstić information content (AvgIpc) is 2.81. The maximum Gasteiger partial charge on any atom is 0.225 e. The molecule has 0 spiro atoms. The molecule has 1 amide bonds. The monoisotopic (exact) mass is 247 g/mol. The molecular formula is C13H17N3O2. The fourth-order valence-electron chi connectivity index (χ4n) is 1.77. The normalized spacial score (nSPS) is 12.6. The first-order valence-electron chi connectivity index (χ1n) is 6.03. The number of nitrogens with zero attached hydrogens (tertiary/aromatic N) is 1. The molecule has 5 nitrogen and oxygen atoms in total. The van der Waals surface area contributed by atoms with E-state index in [9.17, 15) is 4.79 Å². The number of hydrogen-bond donors (Lipinski definition) is 3. The van der Waals surface area contributed by atoms with Gasteiger partial charge in [-0.05, 0) is 6.07 Å². The number of amides is 1. The van der Waals surface area contributed by atoms with Crippen LogP contribution in [0.1, 0.15) is 12.6 Å². The molecule has 0 saturated heterocycles. The minimum Gasteiger partial charge on any atom is -0.396 e. The molecule has 1 heterocycles. The number of aromatic nitrogens is 2. The van der Waals surface area contributed by atoms with Crippen molar-refractivity contribution in [3.63, 3.8) is 0 Å². The van der Waals surface area contributed by atoms with E-state index in [1.54, 1.807) is 6.92 Å². The van der Waals surface area contributed by atoms with Crippen LogP contribution in [0.2, 0.25) is 0 Å². The summed E-state index contributed by atoms with van der Waals surface area (Å²) in [4.78, 5) is 11.5. The Hall–Kier alpha value is -1.88. The van der Waals surface area contributed by atoms with Gasteiger partial charge in [0, 0.05) is 24.0 Å². The molecule has 1 aromatic heterocycles. The smallest absolute Gasteiger partial charge is 0.225 e. The van der Waals surface area contributed by atoms with Crippen molar-refractivity contribution >= 4 is 16.8 Å². The first kappa shape index (κ1) is 12.6. The summed E-state index contributed by atoms with van der Waals surface area (Å²) in [6.07, 6.45) is 0.699. The molecule has 0 saturated carbocycles. The highest BCUT2D eigenvalue weighted by Gasteiger charge is 2.11. The summed E-state index contributed by atoms with van der Waals surface area (Å²) in [7, 11) is 0. The van der Waals surface area contributed by atoms with Crippen LogP contribution in [0, 0.1) is 5.92 Å². The lowest BCUT2D eigenvalue weighted by molar-refractivity contribution is -0.125. The van der Waals surface area contributed by atoms with E-state index in [4.69, 9.17) is 5.11 Å². The van der Waals surface area contributed by atoms with Gasteiger partial charge in [0.05, 0.1) is 18.0 Å². The lowest BCUT2D eigenvalue weighted by Gasteiger charge is -2.08. The van der Waals surface area contributed by atoms with Gasteiger partial charge < -0.3 is 10.4 Å². The van der Waals surface area contributed by atoms with Crippen LogP contribution in [-0.2, 0) is 11.2 Å². The second kappa shape index (κ2) is 5.64. The number of carbonyl (C=O) groups is 1. The molecule has 2 aromatic rings. The summed E-state index contributed by atoms with van der Waals surface area (Å²) in [5, 5.41) is 19.9. The second-order valence-electron chi connectivity index (χ2n) is 4.34. The summed E-state index contributed by atoms with van der Waals surface area (Å²) in [6, 6.07) is 7.86. The van der Waals surface area contributed by atoms with Gasteiger partial charge in [0.2, 0.25) is 5.91 Å². The van der Waals surface area contributed by atoms with Crippen molar-refractivity contribution in [1.82, 2.24) is 15.5 Å². The summed E-state index contributed by atoms with van der Waals surface area (Å²) >= 11 is 0. The van der Waals surface area contributed by atoms with Crippen LogP contribution in [0.4, 0.5) is 0 Å². The number of nitrogens with one attached hydrogen (secondary N) is 2. The molecule has 18 heavy (non-hydrogen) atoms. The Balaban J connectivity index is 1.93. The summed E-state index contributed by atoms with van der Waals surface area (Å²) in [6.45, 7) is 2.11. The van der Waals surface area contributed by atoms with E-state index in [0.717, 1.165) is 16.6 Å². The molecular weight excluding hydrogens is 230 g/mol. The second-order valence-corrected chi connectivity index (χ2v) is 4.34. The van der Waals surface area contributed by atoms with Gasteiger partial charge in [0.1, 0.15) is 0 Å². The molecule has 0 aliphatic heterocycles. The number of hydrogen-bond acceptors (Lipinski definition) is 3. The molecule has 1 aromatic carbocycles. The number of benzene rings is 1. The highest BCUT2D eigenvalue weighted by molar-refractivity contribution is 5.81. The van der Waals surface area contributed by atoms with Gasteiger partial charge in [0.25, 0.3) is 0 Å². The largest absolute Gasteiger partial charge is 0.396 e. The van der Waals surface area contributed by atoms with Crippen molar-refractivity contribution in [3.05, 3.63) is 30.0 Å². The van der Waals surface area contributed by atoms with E-state index >= 15 is 0 Å². The lowest BCUT2D eigenvalue weighted by Crippen LogP contribution is -2.32. The van der Waals surface area contributed by atoms with Gasteiger partial charge in [-0.1, -0.05) is 25.1 Å². The number of rotatable bonds is 5. The third-order valence-corrected chi connectivity index (χ3v) is 2.94. The Morgan fingerprint density at radius 1 is 1.50 bits per heavy atom.